The number of rotatable bonds is 7. The highest BCUT2D eigenvalue weighted by molar-refractivity contribution is 8.00. The molecule has 0 saturated heterocycles. The van der Waals surface area contributed by atoms with Crippen LogP contribution in [0.4, 0.5) is 0 Å². The molecule has 1 aromatic heterocycles. The van der Waals surface area contributed by atoms with Gasteiger partial charge in [-0.3, -0.25) is 4.79 Å². The zero-order chi connectivity index (χ0) is 15.9. The molecule has 0 aliphatic rings. The van der Waals surface area contributed by atoms with Crippen LogP contribution >= 0.6 is 11.8 Å². The molecule has 1 heterocycles. The maximum atomic E-state index is 11.6. The second-order valence-corrected chi connectivity index (χ2v) is 6.10. The Morgan fingerprint density at radius 2 is 2.09 bits per heavy atom. The summed E-state index contributed by atoms with van der Waals surface area (Å²) in [5, 5.41) is 8.76. The summed E-state index contributed by atoms with van der Waals surface area (Å²) >= 11 is 1.34. The van der Waals surface area contributed by atoms with Gasteiger partial charge in [-0.1, -0.05) is 42.1 Å². The molecule has 0 aliphatic heterocycles. The summed E-state index contributed by atoms with van der Waals surface area (Å²) in [6.45, 7) is 2.95. The van der Waals surface area contributed by atoms with Crippen molar-refractivity contribution in [1.82, 2.24) is 14.8 Å². The molecule has 1 unspecified atom stereocenters. The number of ether oxygens (including phenoxy) is 1. The molecule has 2 rings (SSSR count). The standard InChI is InChI=1S/C15H20N4O2S/c1-11(14(20)21-2)22-15-18-17-13(8-9-16)19(15)10-12-6-4-3-5-7-12/h3-7,11H,8-10,16H2,1-2H3. The van der Waals surface area contributed by atoms with Crippen LogP contribution < -0.4 is 5.73 Å². The molecule has 7 heteroatoms. The summed E-state index contributed by atoms with van der Waals surface area (Å²) in [7, 11) is 1.38. The van der Waals surface area contributed by atoms with Crippen molar-refractivity contribution >= 4 is 17.7 Å². The number of carbonyl (C=O) groups is 1. The molecule has 0 amide bonds. The Morgan fingerprint density at radius 1 is 1.36 bits per heavy atom. The van der Waals surface area contributed by atoms with Gasteiger partial charge in [0.25, 0.3) is 0 Å². The lowest BCUT2D eigenvalue weighted by atomic mass is 10.2. The van der Waals surface area contributed by atoms with Crippen molar-refractivity contribution in [3.8, 4) is 0 Å². The number of hydrogen-bond acceptors (Lipinski definition) is 6. The second-order valence-electron chi connectivity index (χ2n) is 4.79. The minimum atomic E-state index is -0.338. The third kappa shape index (κ3) is 4.08. The van der Waals surface area contributed by atoms with Gasteiger partial charge in [-0.15, -0.1) is 10.2 Å². The highest BCUT2D eigenvalue weighted by Gasteiger charge is 2.20. The van der Waals surface area contributed by atoms with Gasteiger partial charge in [0, 0.05) is 6.42 Å². The molecule has 118 valence electrons. The van der Waals surface area contributed by atoms with Crippen LogP contribution in [-0.2, 0) is 22.5 Å². The fourth-order valence-corrected chi connectivity index (χ4v) is 2.91. The number of nitrogens with zero attached hydrogens (tertiary/aromatic N) is 3. The van der Waals surface area contributed by atoms with Gasteiger partial charge in [0.2, 0.25) is 0 Å². The van der Waals surface area contributed by atoms with Gasteiger partial charge in [0.15, 0.2) is 5.16 Å². The average Bonchev–Trinajstić information content (AvgIpc) is 2.90. The van der Waals surface area contributed by atoms with Crippen LogP contribution in [0.3, 0.4) is 0 Å². The van der Waals surface area contributed by atoms with Crippen LogP contribution in [0, 0.1) is 0 Å². The number of hydrogen-bond donors (Lipinski definition) is 1. The number of carbonyl (C=O) groups excluding carboxylic acids is 1. The zero-order valence-corrected chi connectivity index (χ0v) is 13.5. The third-order valence-electron chi connectivity index (χ3n) is 3.16. The minimum absolute atomic E-state index is 0.278. The maximum Gasteiger partial charge on any atom is 0.318 e. The lowest BCUT2D eigenvalue weighted by Gasteiger charge is -2.12. The Hall–Kier alpha value is -1.86. The number of aromatic nitrogens is 3. The van der Waals surface area contributed by atoms with Crippen LogP contribution in [-0.4, -0.2) is 39.6 Å². The monoisotopic (exact) mass is 320 g/mol. The molecule has 2 aromatic rings. The van der Waals surface area contributed by atoms with Crippen LogP contribution in [0.1, 0.15) is 18.3 Å². The predicted molar refractivity (Wildman–Crippen MR) is 85.7 cm³/mol. The summed E-state index contributed by atoms with van der Waals surface area (Å²) in [6.07, 6.45) is 0.646. The van der Waals surface area contributed by atoms with Crippen molar-refractivity contribution in [2.45, 2.75) is 30.3 Å². The van der Waals surface area contributed by atoms with Crippen molar-refractivity contribution in [3.05, 3.63) is 41.7 Å². The Labute approximate surface area is 134 Å². The van der Waals surface area contributed by atoms with Crippen LogP contribution in [0.2, 0.25) is 0 Å². The molecule has 0 bridgehead atoms. The Kier molecular flexibility index (Phi) is 5.97. The van der Waals surface area contributed by atoms with Gasteiger partial charge in [-0.2, -0.15) is 0 Å². The summed E-state index contributed by atoms with van der Waals surface area (Å²) in [4.78, 5) is 11.6. The first-order chi connectivity index (χ1) is 10.7. The number of esters is 1. The van der Waals surface area contributed by atoms with Gasteiger partial charge >= 0.3 is 5.97 Å². The summed E-state index contributed by atoms with van der Waals surface area (Å²) in [6, 6.07) is 10.1. The van der Waals surface area contributed by atoms with E-state index in [9.17, 15) is 4.79 Å². The molecule has 22 heavy (non-hydrogen) atoms. The van der Waals surface area contributed by atoms with Crippen molar-refractivity contribution < 1.29 is 9.53 Å². The fourth-order valence-electron chi connectivity index (χ4n) is 2.02. The van der Waals surface area contributed by atoms with Crippen LogP contribution in [0.15, 0.2) is 35.5 Å². The second kappa shape index (κ2) is 7.95. The molecule has 0 fully saturated rings. The van der Waals surface area contributed by atoms with Gasteiger partial charge in [-0.25, -0.2) is 0 Å². The largest absolute Gasteiger partial charge is 0.468 e. The van der Waals surface area contributed by atoms with E-state index in [0.29, 0.717) is 24.7 Å². The highest BCUT2D eigenvalue weighted by atomic mass is 32.2. The lowest BCUT2D eigenvalue weighted by Crippen LogP contribution is -2.17. The quantitative estimate of drug-likeness (QED) is 0.614. The molecule has 0 aliphatic carbocycles. The first kappa shape index (κ1) is 16.5. The Balaban J connectivity index is 2.24. The zero-order valence-electron chi connectivity index (χ0n) is 12.7. The molecule has 1 aromatic carbocycles. The molecule has 0 radical (unpaired) electrons. The van der Waals surface area contributed by atoms with Crippen molar-refractivity contribution in [3.63, 3.8) is 0 Å². The van der Waals surface area contributed by atoms with E-state index in [4.69, 9.17) is 10.5 Å². The van der Waals surface area contributed by atoms with E-state index >= 15 is 0 Å². The summed E-state index contributed by atoms with van der Waals surface area (Å²) < 4.78 is 6.77. The van der Waals surface area contributed by atoms with Crippen LogP contribution in [0.25, 0.3) is 0 Å². The van der Waals surface area contributed by atoms with E-state index in [1.54, 1.807) is 6.92 Å². The van der Waals surface area contributed by atoms with Crippen molar-refractivity contribution in [2.24, 2.45) is 5.73 Å². The smallest absolute Gasteiger partial charge is 0.318 e. The first-order valence-corrected chi connectivity index (χ1v) is 7.94. The first-order valence-electron chi connectivity index (χ1n) is 7.06. The van der Waals surface area contributed by atoms with Gasteiger partial charge in [0.1, 0.15) is 11.1 Å². The van der Waals surface area contributed by atoms with E-state index in [0.717, 1.165) is 11.4 Å². The Morgan fingerprint density at radius 3 is 2.73 bits per heavy atom. The van der Waals surface area contributed by atoms with E-state index in [1.165, 1.54) is 18.9 Å². The molecule has 0 saturated carbocycles. The van der Waals surface area contributed by atoms with Gasteiger partial charge in [0.05, 0.1) is 13.7 Å². The molecular formula is C15H20N4O2S. The highest BCUT2D eigenvalue weighted by Crippen LogP contribution is 2.24. The van der Waals surface area contributed by atoms with E-state index in [2.05, 4.69) is 10.2 Å². The maximum absolute atomic E-state index is 11.6. The minimum Gasteiger partial charge on any atom is -0.468 e. The van der Waals surface area contributed by atoms with Crippen molar-refractivity contribution in [2.75, 3.05) is 13.7 Å². The normalized spacial score (nSPS) is 12.1. The fraction of sp³-hybridized carbons (Fsp3) is 0.400. The Bertz CT molecular complexity index is 615. The summed E-state index contributed by atoms with van der Waals surface area (Å²) in [5.74, 6) is 0.547. The van der Waals surface area contributed by atoms with E-state index in [1.807, 2.05) is 34.9 Å². The molecular weight excluding hydrogens is 300 g/mol. The number of methoxy groups -OCH3 is 1. The van der Waals surface area contributed by atoms with Crippen molar-refractivity contribution in [1.29, 1.82) is 0 Å². The van der Waals surface area contributed by atoms with E-state index < -0.39 is 0 Å². The topological polar surface area (TPSA) is 83.0 Å². The number of nitrogens with two attached hydrogens (primary N) is 1. The van der Waals surface area contributed by atoms with Crippen LogP contribution in [0.5, 0.6) is 0 Å². The average molecular weight is 320 g/mol. The lowest BCUT2D eigenvalue weighted by molar-refractivity contribution is -0.139. The van der Waals surface area contributed by atoms with E-state index in [-0.39, 0.29) is 11.2 Å². The third-order valence-corrected chi connectivity index (χ3v) is 4.22. The summed E-state index contributed by atoms with van der Waals surface area (Å²) in [5.41, 5.74) is 6.79. The molecule has 1 atom stereocenters. The van der Waals surface area contributed by atoms with Gasteiger partial charge in [-0.05, 0) is 19.0 Å². The SMILES string of the molecule is COC(=O)C(C)Sc1nnc(CCN)n1Cc1ccccc1. The number of thioether (sulfide) groups is 1. The number of benzene rings is 1. The predicted octanol–water partition coefficient (Wildman–Crippen LogP) is 1.48. The molecule has 2 N–H and O–H groups in total. The van der Waals surface area contributed by atoms with Gasteiger partial charge < -0.3 is 15.0 Å². The molecule has 0 spiro atoms. The molecule has 6 nitrogen and oxygen atoms in total.